The number of hydrogen-bond acceptors (Lipinski definition) is 6. The number of ether oxygens (including phenoxy) is 4. The van der Waals surface area contributed by atoms with Crippen LogP contribution in [0.25, 0.3) is 0 Å². The Labute approximate surface area is 94.8 Å². The van der Waals surface area contributed by atoms with Crippen LogP contribution < -0.4 is 0 Å². The minimum Gasteiger partial charge on any atom is -0.461 e. The molecule has 0 amide bonds. The first-order chi connectivity index (χ1) is 7.66. The van der Waals surface area contributed by atoms with E-state index in [9.17, 15) is 9.59 Å². The van der Waals surface area contributed by atoms with E-state index in [4.69, 9.17) is 14.2 Å². The fourth-order valence-electron chi connectivity index (χ4n) is 1.06. The van der Waals surface area contributed by atoms with Crippen molar-refractivity contribution >= 4 is 12.4 Å². The lowest BCUT2D eigenvalue weighted by Gasteiger charge is -2.28. The van der Waals surface area contributed by atoms with E-state index < -0.39 is 11.8 Å². The van der Waals surface area contributed by atoms with Crippen LogP contribution in [0.1, 0.15) is 20.8 Å². The van der Waals surface area contributed by atoms with Crippen LogP contribution in [-0.4, -0.2) is 44.7 Å². The molecule has 0 aromatic rings. The highest BCUT2D eigenvalue weighted by Gasteiger charge is 2.44. The lowest BCUT2D eigenvalue weighted by Crippen LogP contribution is -2.49. The van der Waals surface area contributed by atoms with Crippen molar-refractivity contribution in [1.82, 2.24) is 0 Å². The highest BCUT2D eigenvalue weighted by atomic mass is 16.7. The lowest BCUT2D eigenvalue weighted by molar-refractivity contribution is -0.250. The molecule has 0 aromatic carbocycles. The van der Waals surface area contributed by atoms with Gasteiger partial charge in [-0.15, -0.1) is 0 Å². The van der Waals surface area contributed by atoms with E-state index in [1.807, 2.05) is 0 Å². The molecule has 1 atom stereocenters. The maximum absolute atomic E-state index is 11.6. The molecule has 1 unspecified atom stereocenters. The summed E-state index contributed by atoms with van der Waals surface area (Å²) in [6, 6.07) is 0. The van der Waals surface area contributed by atoms with Gasteiger partial charge >= 0.3 is 11.8 Å². The maximum Gasteiger partial charge on any atom is 0.382 e. The predicted molar refractivity (Wildman–Crippen MR) is 54.6 cm³/mol. The van der Waals surface area contributed by atoms with Crippen LogP contribution in [-0.2, 0) is 28.5 Å². The summed E-state index contributed by atoms with van der Waals surface area (Å²) < 4.78 is 19.7. The molecular formula is C10H18O6. The molecule has 0 fully saturated rings. The minimum absolute atomic E-state index is 0.144. The fourth-order valence-corrected chi connectivity index (χ4v) is 1.06. The van der Waals surface area contributed by atoms with Crippen LogP contribution in [0.2, 0.25) is 0 Å². The van der Waals surface area contributed by atoms with E-state index in [-0.39, 0.29) is 26.3 Å². The van der Waals surface area contributed by atoms with E-state index in [0.717, 1.165) is 0 Å². The number of hydrogen-bond donors (Lipinski definition) is 0. The van der Waals surface area contributed by atoms with E-state index in [2.05, 4.69) is 4.74 Å². The second-order valence-corrected chi connectivity index (χ2v) is 2.76. The molecule has 0 saturated carbocycles. The van der Waals surface area contributed by atoms with Crippen molar-refractivity contribution in [1.29, 1.82) is 0 Å². The van der Waals surface area contributed by atoms with Crippen molar-refractivity contribution in [3.63, 3.8) is 0 Å². The normalized spacial score (nSPS) is 13.9. The molecule has 0 N–H and O–H groups in total. The molecule has 16 heavy (non-hydrogen) atoms. The molecule has 94 valence electrons. The van der Waals surface area contributed by atoms with Crippen LogP contribution in [0.5, 0.6) is 0 Å². The molecule has 0 spiro atoms. The zero-order chi connectivity index (χ0) is 12.4. The van der Waals surface area contributed by atoms with Gasteiger partial charge in [-0.3, -0.25) is 4.79 Å². The van der Waals surface area contributed by atoms with Crippen LogP contribution in [0, 0.1) is 0 Å². The van der Waals surface area contributed by atoms with Crippen LogP contribution >= 0.6 is 0 Å². The van der Waals surface area contributed by atoms with Gasteiger partial charge in [-0.1, -0.05) is 0 Å². The molecule has 0 rings (SSSR count). The summed E-state index contributed by atoms with van der Waals surface area (Å²) >= 11 is 0. The summed E-state index contributed by atoms with van der Waals surface area (Å²) in [5, 5.41) is 0. The summed E-state index contributed by atoms with van der Waals surface area (Å²) in [6.07, 6.45) is 0. The van der Waals surface area contributed by atoms with Gasteiger partial charge < -0.3 is 18.9 Å². The van der Waals surface area contributed by atoms with E-state index in [1.165, 1.54) is 0 Å². The Bertz CT molecular complexity index is 217. The average molecular weight is 234 g/mol. The Kier molecular flexibility index (Phi) is 7.49. The van der Waals surface area contributed by atoms with Crippen molar-refractivity contribution in [3.8, 4) is 0 Å². The molecule has 0 aliphatic carbocycles. The van der Waals surface area contributed by atoms with Gasteiger partial charge in [0.15, 0.2) is 0 Å². The molecule has 0 aliphatic rings. The summed E-state index contributed by atoms with van der Waals surface area (Å²) in [7, 11) is 0. The first-order valence-electron chi connectivity index (χ1n) is 5.17. The third-order valence-corrected chi connectivity index (χ3v) is 1.70. The SMILES string of the molecule is CCOCC(OC=O)(OCC)C(=O)OCC. The predicted octanol–water partition coefficient (Wildman–Crippen LogP) is 0.492. The molecule has 0 aliphatic heterocycles. The maximum atomic E-state index is 11.6. The van der Waals surface area contributed by atoms with Gasteiger partial charge in [0, 0.05) is 13.2 Å². The molecule has 0 heterocycles. The summed E-state index contributed by atoms with van der Waals surface area (Å²) in [4.78, 5) is 22.0. The number of carbonyl (C=O) groups excluding carboxylic acids is 2. The number of carbonyl (C=O) groups is 2. The van der Waals surface area contributed by atoms with Gasteiger partial charge in [0.05, 0.1) is 6.61 Å². The van der Waals surface area contributed by atoms with Crippen molar-refractivity contribution in [2.24, 2.45) is 0 Å². The third kappa shape index (κ3) is 4.16. The van der Waals surface area contributed by atoms with Crippen LogP contribution in [0.4, 0.5) is 0 Å². The molecule has 0 aromatic heterocycles. The highest BCUT2D eigenvalue weighted by molar-refractivity contribution is 5.79. The Morgan fingerprint density at radius 1 is 1.19 bits per heavy atom. The topological polar surface area (TPSA) is 71.1 Å². The second-order valence-electron chi connectivity index (χ2n) is 2.76. The summed E-state index contributed by atoms with van der Waals surface area (Å²) in [5.74, 6) is -2.56. The number of esters is 1. The van der Waals surface area contributed by atoms with Gasteiger partial charge in [-0.05, 0) is 20.8 Å². The summed E-state index contributed by atoms with van der Waals surface area (Å²) in [6.45, 7) is 5.77. The Morgan fingerprint density at radius 3 is 2.31 bits per heavy atom. The van der Waals surface area contributed by atoms with Gasteiger partial charge in [0.25, 0.3) is 6.47 Å². The van der Waals surface area contributed by atoms with Crippen LogP contribution in [0.15, 0.2) is 0 Å². The number of rotatable bonds is 9. The van der Waals surface area contributed by atoms with Crippen molar-refractivity contribution in [2.75, 3.05) is 26.4 Å². The average Bonchev–Trinajstić information content (AvgIpc) is 2.27. The first-order valence-corrected chi connectivity index (χ1v) is 5.17. The molecule has 0 bridgehead atoms. The smallest absolute Gasteiger partial charge is 0.382 e. The molecular weight excluding hydrogens is 216 g/mol. The first kappa shape index (κ1) is 14.9. The molecule has 0 radical (unpaired) electrons. The van der Waals surface area contributed by atoms with Crippen molar-refractivity contribution in [2.45, 2.75) is 26.6 Å². The van der Waals surface area contributed by atoms with Crippen LogP contribution in [0.3, 0.4) is 0 Å². The Hall–Kier alpha value is -1.14. The van der Waals surface area contributed by atoms with Crippen molar-refractivity contribution < 1.29 is 28.5 Å². The van der Waals surface area contributed by atoms with Gasteiger partial charge in [-0.2, -0.15) is 0 Å². The van der Waals surface area contributed by atoms with E-state index in [1.54, 1.807) is 20.8 Å². The van der Waals surface area contributed by atoms with E-state index in [0.29, 0.717) is 6.61 Å². The molecule has 6 heteroatoms. The fraction of sp³-hybridized carbons (Fsp3) is 0.800. The Morgan fingerprint density at radius 2 is 1.88 bits per heavy atom. The van der Waals surface area contributed by atoms with E-state index >= 15 is 0 Å². The van der Waals surface area contributed by atoms with Gasteiger partial charge in [0.2, 0.25) is 0 Å². The zero-order valence-electron chi connectivity index (χ0n) is 9.86. The largest absolute Gasteiger partial charge is 0.461 e. The quantitative estimate of drug-likeness (QED) is 0.328. The minimum atomic E-state index is -1.79. The summed E-state index contributed by atoms with van der Waals surface area (Å²) in [5.41, 5.74) is 0. The highest BCUT2D eigenvalue weighted by Crippen LogP contribution is 2.16. The molecule has 0 saturated heterocycles. The lowest BCUT2D eigenvalue weighted by atomic mass is 10.3. The second kappa shape index (κ2) is 8.06. The zero-order valence-corrected chi connectivity index (χ0v) is 9.86. The third-order valence-electron chi connectivity index (χ3n) is 1.70. The van der Waals surface area contributed by atoms with Crippen molar-refractivity contribution in [3.05, 3.63) is 0 Å². The Balaban J connectivity index is 4.74. The van der Waals surface area contributed by atoms with Gasteiger partial charge in [-0.25, -0.2) is 4.79 Å². The molecule has 6 nitrogen and oxygen atoms in total. The monoisotopic (exact) mass is 234 g/mol. The standard InChI is InChI=1S/C10H18O6/c1-4-13-7-10(15-6-3,16-8-11)9(12)14-5-2/h8H,4-7H2,1-3H3. The van der Waals surface area contributed by atoms with Gasteiger partial charge in [0.1, 0.15) is 6.61 Å².